The lowest BCUT2D eigenvalue weighted by Gasteiger charge is -2.13. The lowest BCUT2D eigenvalue weighted by Crippen LogP contribution is -2.31. The van der Waals surface area contributed by atoms with Crippen molar-refractivity contribution in [3.63, 3.8) is 0 Å². The summed E-state index contributed by atoms with van der Waals surface area (Å²) in [5, 5.41) is 6.31. The van der Waals surface area contributed by atoms with Crippen LogP contribution >= 0.6 is 11.3 Å². The fraction of sp³-hybridized carbons (Fsp3) is 0.467. The smallest absolute Gasteiger partial charge is 0.321 e. The Morgan fingerprint density at radius 2 is 2.27 bits per heavy atom. The van der Waals surface area contributed by atoms with E-state index in [1.54, 1.807) is 0 Å². The number of amides is 2. The standard InChI is InChI=1S/C15H19N3O3S/c1-8-6-11(10(3)21-8)9(2)16-14(19)18-15-17-12-4-5-20-7-13(12)22-15/h6,9H,4-5,7H2,1-3H3,(H2,16,17,18,19)/t9-/m1/s1. The largest absolute Gasteiger partial charge is 0.466 e. The predicted octanol–water partition coefficient (Wildman–Crippen LogP) is 3.31. The third-order valence-electron chi connectivity index (χ3n) is 3.61. The second kappa shape index (κ2) is 6.10. The van der Waals surface area contributed by atoms with Gasteiger partial charge in [0.1, 0.15) is 11.5 Å². The summed E-state index contributed by atoms with van der Waals surface area (Å²) in [5.41, 5.74) is 2.01. The highest BCUT2D eigenvalue weighted by atomic mass is 32.1. The monoisotopic (exact) mass is 321 g/mol. The third kappa shape index (κ3) is 3.15. The number of anilines is 1. The second-order valence-corrected chi connectivity index (χ2v) is 6.46. The molecule has 0 saturated carbocycles. The molecule has 0 saturated heterocycles. The van der Waals surface area contributed by atoms with E-state index in [0.29, 0.717) is 18.3 Å². The van der Waals surface area contributed by atoms with Gasteiger partial charge in [-0.1, -0.05) is 11.3 Å². The topological polar surface area (TPSA) is 76.4 Å². The van der Waals surface area contributed by atoms with Gasteiger partial charge in [-0.15, -0.1) is 0 Å². The predicted molar refractivity (Wildman–Crippen MR) is 84.2 cm³/mol. The fourth-order valence-corrected chi connectivity index (χ4v) is 3.51. The van der Waals surface area contributed by atoms with Gasteiger partial charge in [0.25, 0.3) is 0 Å². The zero-order chi connectivity index (χ0) is 15.7. The number of hydrogen-bond donors (Lipinski definition) is 2. The molecule has 22 heavy (non-hydrogen) atoms. The first-order chi connectivity index (χ1) is 10.5. The summed E-state index contributed by atoms with van der Waals surface area (Å²) in [5.74, 6) is 1.67. The van der Waals surface area contributed by atoms with E-state index in [1.165, 1.54) is 11.3 Å². The van der Waals surface area contributed by atoms with Crippen LogP contribution in [-0.4, -0.2) is 17.6 Å². The number of aromatic nitrogens is 1. The minimum Gasteiger partial charge on any atom is -0.466 e. The van der Waals surface area contributed by atoms with Crippen molar-refractivity contribution in [1.29, 1.82) is 0 Å². The van der Waals surface area contributed by atoms with E-state index < -0.39 is 0 Å². The molecule has 0 bridgehead atoms. The SMILES string of the molecule is Cc1cc([C@@H](C)NC(=O)Nc2nc3c(s2)COCC3)c(C)o1. The summed E-state index contributed by atoms with van der Waals surface area (Å²) in [6.07, 6.45) is 0.805. The molecule has 3 heterocycles. The van der Waals surface area contributed by atoms with Gasteiger partial charge in [0.2, 0.25) is 0 Å². The molecule has 7 heteroatoms. The molecular formula is C15H19N3O3S. The Hall–Kier alpha value is -1.86. The van der Waals surface area contributed by atoms with Gasteiger partial charge in [-0.3, -0.25) is 5.32 Å². The number of hydrogen-bond acceptors (Lipinski definition) is 5. The Morgan fingerprint density at radius 3 is 2.95 bits per heavy atom. The number of carbonyl (C=O) groups excluding carboxylic acids is 1. The van der Waals surface area contributed by atoms with Crippen molar-refractivity contribution >= 4 is 22.5 Å². The molecule has 0 unspecified atom stereocenters. The first-order valence-corrected chi connectivity index (χ1v) is 8.05. The minimum absolute atomic E-state index is 0.129. The number of carbonyl (C=O) groups is 1. The highest BCUT2D eigenvalue weighted by Gasteiger charge is 2.18. The van der Waals surface area contributed by atoms with Crippen molar-refractivity contribution in [2.24, 2.45) is 0 Å². The molecule has 2 aromatic rings. The Morgan fingerprint density at radius 1 is 1.45 bits per heavy atom. The summed E-state index contributed by atoms with van der Waals surface area (Å²) < 4.78 is 10.9. The zero-order valence-electron chi connectivity index (χ0n) is 12.9. The van der Waals surface area contributed by atoms with Crippen molar-refractivity contribution in [3.8, 4) is 0 Å². The van der Waals surface area contributed by atoms with Crippen LogP contribution in [0.2, 0.25) is 0 Å². The Kier molecular flexibility index (Phi) is 4.17. The molecule has 2 aromatic heterocycles. The average molecular weight is 321 g/mol. The lowest BCUT2D eigenvalue weighted by atomic mass is 10.1. The van der Waals surface area contributed by atoms with E-state index in [0.717, 1.165) is 34.1 Å². The summed E-state index contributed by atoms with van der Waals surface area (Å²) in [6.45, 7) is 7.00. The van der Waals surface area contributed by atoms with Gasteiger partial charge in [0.05, 0.1) is 29.8 Å². The molecule has 2 amide bonds. The number of nitrogens with one attached hydrogen (secondary N) is 2. The summed E-state index contributed by atoms with van der Waals surface area (Å²) in [4.78, 5) is 17.6. The van der Waals surface area contributed by atoms with Gasteiger partial charge in [0.15, 0.2) is 5.13 Å². The van der Waals surface area contributed by atoms with E-state index in [9.17, 15) is 4.79 Å². The highest BCUT2D eigenvalue weighted by Crippen LogP contribution is 2.27. The number of furan rings is 1. The van der Waals surface area contributed by atoms with Crippen molar-refractivity contribution in [2.75, 3.05) is 11.9 Å². The first-order valence-electron chi connectivity index (χ1n) is 7.23. The number of ether oxygens (including phenoxy) is 1. The molecule has 0 spiro atoms. The molecular weight excluding hydrogens is 302 g/mol. The highest BCUT2D eigenvalue weighted by molar-refractivity contribution is 7.15. The molecule has 1 atom stereocenters. The van der Waals surface area contributed by atoms with E-state index in [2.05, 4.69) is 15.6 Å². The van der Waals surface area contributed by atoms with Crippen LogP contribution in [0.5, 0.6) is 0 Å². The van der Waals surface area contributed by atoms with Gasteiger partial charge < -0.3 is 14.5 Å². The normalized spacial score (nSPS) is 15.2. The summed E-state index contributed by atoms with van der Waals surface area (Å²) in [6, 6.07) is 1.55. The number of aryl methyl sites for hydroxylation is 2. The van der Waals surface area contributed by atoms with Gasteiger partial charge >= 0.3 is 6.03 Å². The van der Waals surface area contributed by atoms with Crippen molar-refractivity contribution < 1.29 is 13.9 Å². The molecule has 6 nitrogen and oxygen atoms in total. The maximum atomic E-state index is 12.1. The molecule has 0 fully saturated rings. The van der Waals surface area contributed by atoms with Crippen molar-refractivity contribution in [2.45, 2.75) is 39.8 Å². The minimum atomic E-state index is -0.266. The van der Waals surface area contributed by atoms with Gasteiger partial charge in [-0.05, 0) is 26.8 Å². The van der Waals surface area contributed by atoms with E-state index in [1.807, 2.05) is 26.8 Å². The molecule has 2 N–H and O–H groups in total. The summed E-state index contributed by atoms with van der Waals surface area (Å²) in [7, 11) is 0. The number of thiazole rings is 1. The van der Waals surface area contributed by atoms with Crippen LogP contribution in [0.1, 0.15) is 40.6 Å². The van der Waals surface area contributed by atoms with Gasteiger partial charge in [0, 0.05) is 12.0 Å². The third-order valence-corrected chi connectivity index (χ3v) is 4.60. The van der Waals surface area contributed by atoms with E-state index in [-0.39, 0.29) is 12.1 Å². The number of nitrogens with zero attached hydrogens (tertiary/aromatic N) is 1. The Labute approximate surface area is 132 Å². The maximum Gasteiger partial charge on any atom is 0.321 e. The average Bonchev–Trinajstić information content (AvgIpc) is 3.00. The number of urea groups is 1. The van der Waals surface area contributed by atoms with Crippen LogP contribution in [0.25, 0.3) is 0 Å². The molecule has 3 rings (SSSR count). The van der Waals surface area contributed by atoms with Crippen LogP contribution in [-0.2, 0) is 17.8 Å². The second-order valence-electron chi connectivity index (χ2n) is 5.38. The van der Waals surface area contributed by atoms with Crippen LogP contribution in [0.3, 0.4) is 0 Å². The van der Waals surface area contributed by atoms with Crippen LogP contribution in [0.15, 0.2) is 10.5 Å². The molecule has 1 aliphatic rings. The molecule has 118 valence electrons. The van der Waals surface area contributed by atoms with Crippen LogP contribution < -0.4 is 10.6 Å². The Balaban J connectivity index is 1.62. The van der Waals surface area contributed by atoms with Crippen molar-refractivity contribution in [1.82, 2.24) is 10.3 Å². The molecule has 0 aliphatic carbocycles. The number of fused-ring (bicyclic) bond motifs is 1. The van der Waals surface area contributed by atoms with E-state index in [4.69, 9.17) is 9.15 Å². The molecule has 0 radical (unpaired) electrons. The quantitative estimate of drug-likeness (QED) is 0.909. The summed E-state index contributed by atoms with van der Waals surface area (Å²) >= 11 is 1.47. The molecule has 1 aliphatic heterocycles. The van der Waals surface area contributed by atoms with Crippen molar-refractivity contribution in [3.05, 3.63) is 33.7 Å². The maximum absolute atomic E-state index is 12.1. The first kappa shape index (κ1) is 15.1. The number of rotatable bonds is 3. The lowest BCUT2D eigenvalue weighted by molar-refractivity contribution is 0.112. The zero-order valence-corrected chi connectivity index (χ0v) is 13.7. The van der Waals surface area contributed by atoms with Gasteiger partial charge in [-0.2, -0.15) is 0 Å². The fourth-order valence-electron chi connectivity index (χ4n) is 2.57. The van der Waals surface area contributed by atoms with Gasteiger partial charge in [-0.25, -0.2) is 9.78 Å². The van der Waals surface area contributed by atoms with E-state index >= 15 is 0 Å². The Bertz CT molecular complexity index is 669. The molecule has 0 aromatic carbocycles. The van der Waals surface area contributed by atoms with Crippen LogP contribution in [0, 0.1) is 13.8 Å². The van der Waals surface area contributed by atoms with Crippen LogP contribution in [0.4, 0.5) is 9.93 Å².